The zero-order valence-corrected chi connectivity index (χ0v) is 20.9. The normalized spacial score (nSPS) is 17.4. The molecule has 1 saturated heterocycles. The highest BCUT2D eigenvalue weighted by Gasteiger charge is 2.28. The second-order valence-electron chi connectivity index (χ2n) is 8.77. The summed E-state index contributed by atoms with van der Waals surface area (Å²) in [5.41, 5.74) is 4.61. The summed E-state index contributed by atoms with van der Waals surface area (Å²) in [5.74, 6) is 0.642. The molecule has 0 aliphatic carbocycles. The van der Waals surface area contributed by atoms with Gasteiger partial charge in [0.05, 0.1) is 29.9 Å². The maximum absolute atomic E-state index is 12.8. The lowest BCUT2D eigenvalue weighted by molar-refractivity contribution is -0.113. The number of aliphatic imine (C=N–C) groups is 1. The number of hydrogen-bond acceptors (Lipinski definition) is 6. The molecule has 2 aliphatic heterocycles. The van der Waals surface area contributed by atoms with Crippen molar-refractivity contribution in [2.75, 3.05) is 26.3 Å². The number of carbonyl (C=O) groups excluding carboxylic acids is 1. The van der Waals surface area contributed by atoms with Gasteiger partial charge in [0.1, 0.15) is 11.4 Å². The number of nitrogens with zero attached hydrogens (tertiary/aromatic N) is 4. The van der Waals surface area contributed by atoms with Crippen LogP contribution in [0.2, 0.25) is 0 Å². The van der Waals surface area contributed by atoms with E-state index in [2.05, 4.69) is 16.0 Å². The second-order valence-corrected chi connectivity index (χ2v) is 9.78. The molecule has 0 atom stereocenters. The molecule has 1 amide bonds. The molecule has 1 fully saturated rings. The highest BCUT2D eigenvalue weighted by atomic mass is 32.2. The summed E-state index contributed by atoms with van der Waals surface area (Å²) in [7, 11) is 0. The number of carbonyl (C=O) groups is 1. The van der Waals surface area contributed by atoms with Crippen LogP contribution in [0.25, 0.3) is 23.0 Å². The minimum absolute atomic E-state index is 0.100. The molecule has 2 aromatic carbocycles. The van der Waals surface area contributed by atoms with Crippen molar-refractivity contribution in [2.24, 2.45) is 4.99 Å². The van der Waals surface area contributed by atoms with Gasteiger partial charge in [0, 0.05) is 30.4 Å². The molecule has 0 unspecified atom stereocenters. The number of aryl methyl sites for hydroxylation is 1. The van der Waals surface area contributed by atoms with E-state index in [0.717, 1.165) is 52.1 Å². The Kier molecular flexibility index (Phi) is 6.74. The molecule has 0 bridgehead atoms. The second kappa shape index (κ2) is 10.1. The third kappa shape index (κ3) is 5.18. The van der Waals surface area contributed by atoms with Crippen LogP contribution >= 0.6 is 11.8 Å². The molecule has 8 heteroatoms. The van der Waals surface area contributed by atoms with E-state index in [-0.39, 0.29) is 12.0 Å². The molecule has 3 aromatic rings. The monoisotopic (exact) mass is 488 g/mol. The molecule has 5 rings (SSSR count). The number of benzene rings is 2. The van der Waals surface area contributed by atoms with Crippen molar-refractivity contribution in [1.29, 1.82) is 0 Å². The fraction of sp³-hybridized carbons (Fsp3) is 0.296. The molecule has 35 heavy (non-hydrogen) atoms. The van der Waals surface area contributed by atoms with Crippen molar-refractivity contribution >= 4 is 28.9 Å². The standard InChI is InChI=1S/C27H28N4O3S/c1-18(2)34-23-10-9-20(15-19(23)3)25-21(17-31(29-25)22-7-5-4-6-8-22)16-24-26(32)28-27(35-24)30-11-13-33-14-12-30/h4-10,15-18H,11-14H2,1-3H3. The number of ether oxygens (including phenoxy) is 2. The van der Waals surface area contributed by atoms with Gasteiger partial charge in [0.25, 0.3) is 5.91 Å². The highest BCUT2D eigenvalue weighted by Crippen LogP contribution is 2.34. The van der Waals surface area contributed by atoms with Gasteiger partial charge in [0.2, 0.25) is 0 Å². The first-order valence-electron chi connectivity index (χ1n) is 11.8. The summed E-state index contributed by atoms with van der Waals surface area (Å²) in [6, 6.07) is 16.0. The van der Waals surface area contributed by atoms with Gasteiger partial charge in [-0.25, -0.2) is 4.68 Å². The van der Waals surface area contributed by atoms with Gasteiger partial charge in [-0.2, -0.15) is 10.1 Å². The molecule has 2 aliphatic rings. The van der Waals surface area contributed by atoms with E-state index in [4.69, 9.17) is 14.6 Å². The lowest BCUT2D eigenvalue weighted by atomic mass is 10.0. The number of rotatable bonds is 5. The lowest BCUT2D eigenvalue weighted by Crippen LogP contribution is -2.38. The third-order valence-corrected chi connectivity index (χ3v) is 6.80. The first-order chi connectivity index (χ1) is 17.0. The summed E-state index contributed by atoms with van der Waals surface area (Å²) in [4.78, 5) is 19.8. The summed E-state index contributed by atoms with van der Waals surface area (Å²) in [5, 5.41) is 5.65. The minimum Gasteiger partial charge on any atom is -0.491 e. The Balaban J connectivity index is 1.51. The molecular weight excluding hydrogens is 460 g/mol. The molecule has 0 saturated carbocycles. The van der Waals surface area contributed by atoms with Crippen LogP contribution in [0.4, 0.5) is 0 Å². The van der Waals surface area contributed by atoms with Crippen LogP contribution in [-0.2, 0) is 9.53 Å². The number of thioether (sulfide) groups is 1. The van der Waals surface area contributed by atoms with E-state index in [9.17, 15) is 4.79 Å². The van der Waals surface area contributed by atoms with Crippen LogP contribution in [-0.4, -0.2) is 58.2 Å². The number of amidine groups is 1. The van der Waals surface area contributed by atoms with Crippen LogP contribution in [0.15, 0.2) is 64.6 Å². The Morgan fingerprint density at radius 1 is 1.11 bits per heavy atom. The van der Waals surface area contributed by atoms with Gasteiger partial charge in [-0.3, -0.25) is 4.79 Å². The summed E-state index contributed by atoms with van der Waals surface area (Å²) in [6.45, 7) is 8.85. The average molecular weight is 489 g/mol. The number of aromatic nitrogens is 2. The van der Waals surface area contributed by atoms with E-state index in [0.29, 0.717) is 18.1 Å². The minimum atomic E-state index is -0.216. The van der Waals surface area contributed by atoms with Crippen molar-refractivity contribution < 1.29 is 14.3 Å². The first-order valence-corrected chi connectivity index (χ1v) is 12.6. The smallest absolute Gasteiger partial charge is 0.286 e. The molecule has 7 nitrogen and oxygen atoms in total. The molecule has 0 N–H and O–H groups in total. The zero-order chi connectivity index (χ0) is 24.4. The van der Waals surface area contributed by atoms with E-state index >= 15 is 0 Å². The van der Waals surface area contributed by atoms with Crippen molar-refractivity contribution in [2.45, 2.75) is 26.9 Å². The average Bonchev–Trinajstić information content (AvgIpc) is 3.45. The van der Waals surface area contributed by atoms with Crippen molar-refractivity contribution in [1.82, 2.24) is 14.7 Å². The largest absolute Gasteiger partial charge is 0.491 e. The lowest BCUT2D eigenvalue weighted by Gasteiger charge is -2.27. The first kappa shape index (κ1) is 23.4. The van der Waals surface area contributed by atoms with Gasteiger partial charge >= 0.3 is 0 Å². The van der Waals surface area contributed by atoms with Crippen LogP contribution < -0.4 is 4.74 Å². The quantitative estimate of drug-likeness (QED) is 0.474. The topological polar surface area (TPSA) is 69.0 Å². The molecule has 180 valence electrons. The SMILES string of the molecule is Cc1cc(-c2nn(-c3ccccc3)cc2C=C2SC(N3CCOCC3)=NC2=O)ccc1OC(C)C. The Morgan fingerprint density at radius 3 is 2.60 bits per heavy atom. The number of hydrogen-bond donors (Lipinski definition) is 0. The van der Waals surface area contributed by atoms with E-state index in [1.54, 1.807) is 0 Å². The van der Waals surface area contributed by atoms with E-state index < -0.39 is 0 Å². The molecular formula is C27H28N4O3S. The number of amides is 1. The maximum atomic E-state index is 12.8. The summed E-state index contributed by atoms with van der Waals surface area (Å²) < 4.78 is 13.2. The van der Waals surface area contributed by atoms with Crippen LogP contribution in [0, 0.1) is 6.92 Å². The number of para-hydroxylation sites is 1. The fourth-order valence-corrected chi connectivity index (χ4v) is 5.00. The van der Waals surface area contributed by atoms with Gasteiger partial charge < -0.3 is 14.4 Å². The Morgan fingerprint density at radius 2 is 1.89 bits per heavy atom. The Bertz CT molecular complexity index is 1290. The van der Waals surface area contributed by atoms with Crippen molar-refractivity contribution in [3.8, 4) is 22.7 Å². The Hall–Kier alpha value is -3.36. The van der Waals surface area contributed by atoms with E-state index in [1.807, 2.05) is 80.2 Å². The molecule has 1 aromatic heterocycles. The van der Waals surface area contributed by atoms with Gasteiger partial charge in [-0.1, -0.05) is 18.2 Å². The fourth-order valence-electron chi connectivity index (χ4n) is 4.04. The summed E-state index contributed by atoms with van der Waals surface area (Å²) >= 11 is 1.42. The third-order valence-electron chi connectivity index (χ3n) is 5.75. The number of morpholine rings is 1. The van der Waals surface area contributed by atoms with Crippen LogP contribution in [0.5, 0.6) is 5.75 Å². The zero-order valence-electron chi connectivity index (χ0n) is 20.1. The predicted octanol–water partition coefficient (Wildman–Crippen LogP) is 4.94. The van der Waals surface area contributed by atoms with Gasteiger partial charge in [-0.05, 0) is 74.5 Å². The molecule has 0 spiro atoms. The summed E-state index contributed by atoms with van der Waals surface area (Å²) in [6.07, 6.45) is 3.97. The Labute approximate surface area is 209 Å². The van der Waals surface area contributed by atoms with E-state index in [1.165, 1.54) is 11.8 Å². The van der Waals surface area contributed by atoms with Gasteiger partial charge in [0.15, 0.2) is 5.17 Å². The van der Waals surface area contributed by atoms with Crippen LogP contribution in [0.1, 0.15) is 25.0 Å². The maximum Gasteiger partial charge on any atom is 0.286 e. The molecule has 3 heterocycles. The van der Waals surface area contributed by atoms with Crippen molar-refractivity contribution in [3.05, 3.63) is 70.8 Å². The predicted molar refractivity (Wildman–Crippen MR) is 140 cm³/mol. The van der Waals surface area contributed by atoms with Crippen LogP contribution in [0.3, 0.4) is 0 Å². The highest BCUT2D eigenvalue weighted by molar-refractivity contribution is 8.18. The van der Waals surface area contributed by atoms with Crippen molar-refractivity contribution in [3.63, 3.8) is 0 Å². The van der Waals surface area contributed by atoms with Gasteiger partial charge in [-0.15, -0.1) is 0 Å². The molecule has 0 radical (unpaired) electrons.